The van der Waals surface area contributed by atoms with Crippen LogP contribution < -0.4 is 9.62 Å². The molecule has 2 aromatic rings. The molecule has 0 aliphatic carbocycles. The van der Waals surface area contributed by atoms with Crippen molar-refractivity contribution in [3.63, 3.8) is 0 Å². The van der Waals surface area contributed by atoms with Gasteiger partial charge in [-0.2, -0.15) is 0 Å². The molecule has 0 aliphatic rings. The quantitative estimate of drug-likeness (QED) is 0.565. The molecule has 1 N–H and O–H groups in total. The predicted molar refractivity (Wildman–Crippen MR) is 123 cm³/mol. The molecule has 33 heavy (non-hydrogen) atoms. The van der Waals surface area contributed by atoms with Gasteiger partial charge in [-0.3, -0.25) is 13.9 Å². The van der Waals surface area contributed by atoms with E-state index in [1.165, 1.54) is 54.3 Å². The fourth-order valence-corrected chi connectivity index (χ4v) is 3.93. The van der Waals surface area contributed by atoms with E-state index in [4.69, 9.17) is 0 Å². The smallest absolute Gasteiger partial charge is 0.244 e. The van der Waals surface area contributed by atoms with Crippen molar-refractivity contribution in [2.24, 2.45) is 0 Å². The average molecular weight is 482 g/mol. The molecule has 0 fully saturated rings. The summed E-state index contributed by atoms with van der Waals surface area (Å²) in [6.07, 6.45) is 1.55. The number of hydrogen-bond donors (Lipinski definition) is 1. The van der Waals surface area contributed by atoms with E-state index in [1.54, 1.807) is 0 Å². The molecule has 0 aromatic heterocycles. The zero-order chi connectivity index (χ0) is 24.8. The number of para-hydroxylation sites is 1. The van der Waals surface area contributed by atoms with Gasteiger partial charge in [0.1, 0.15) is 24.2 Å². The van der Waals surface area contributed by atoms with Crippen LogP contribution >= 0.6 is 0 Å². The number of amides is 2. The SMILES string of the molecule is CC[C@@H](C)NC(=O)[C@@H](C)N(Cc1ccc(F)cc1)C(=O)CN(c1ccccc1F)S(C)(=O)=O. The molecule has 2 amide bonds. The van der Waals surface area contributed by atoms with Crippen molar-refractivity contribution in [1.82, 2.24) is 10.2 Å². The van der Waals surface area contributed by atoms with E-state index in [-0.39, 0.29) is 18.3 Å². The van der Waals surface area contributed by atoms with Crippen LogP contribution in [0.5, 0.6) is 0 Å². The Morgan fingerprint density at radius 1 is 1.03 bits per heavy atom. The lowest BCUT2D eigenvalue weighted by atomic mass is 10.1. The Kier molecular flexibility index (Phi) is 8.92. The molecule has 180 valence electrons. The van der Waals surface area contributed by atoms with Crippen molar-refractivity contribution in [3.05, 3.63) is 65.7 Å². The second-order valence-corrected chi connectivity index (χ2v) is 9.77. The molecule has 0 saturated heterocycles. The summed E-state index contributed by atoms with van der Waals surface area (Å²) in [6, 6.07) is 9.52. The van der Waals surface area contributed by atoms with Gasteiger partial charge in [-0.15, -0.1) is 0 Å². The molecule has 7 nitrogen and oxygen atoms in total. The van der Waals surface area contributed by atoms with Gasteiger partial charge < -0.3 is 10.2 Å². The minimum Gasteiger partial charge on any atom is -0.352 e. The minimum atomic E-state index is -4.02. The number of benzene rings is 2. The van der Waals surface area contributed by atoms with E-state index < -0.39 is 46.1 Å². The Balaban J connectivity index is 2.39. The van der Waals surface area contributed by atoms with Crippen molar-refractivity contribution < 1.29 is 26.8 Å². The Morgan fingerprint density at radius 3 is 2.18 bits per heavy atom. The first kappa shape index (κ1) is 26.2. The summed E-state index contributed by atoms with van der Waals surface area (Å²) in [7, 11) is -4.02. The summed E-state index contributed by atoms with van der Waals surface area (Å²) in [4.78, 5) is 27.3. The highest BCUT2D eigenvalue weighted by Crippen LogP contribution is 2.22. The van der Waals surface area contributed by atoms with Crippen molar-refractivity contribution in [3.8, 4) is 0 Å². The van der Waals surface area contributed by atoms with E-state index in [0.29, 0.717) is 16.3 Å². The topological polar surface area (TPSA) is 86.8 Å². The molecule has 0 unspecified atom stereocenters. The summed E-state index contributed by atoms with van der Waals surface area (Å²) < 4.78 is 53.1. The Hall–Kier alpha value is -3.01. The largest absolute Gasteiger partial charge is 0.352 e. The third kappa shape index (κ3) is 7.24. The molecule has 0 aliphatic heterocycles. The summed E-state index contributed by atoms with van der Waals surface area (Å²) >= 11 is 0. The maximum absolute atomic E-state index is 14.3. The summed E-state index contributed by atoms with van der Waals surface area (Å²) in [5.41, 5.74) is 0.275. The zero-order valence-electron chi connectivity index (χ0n) is 19.1. The van der Waals surface area contributed by atoms with E-state index in [1.807, 2.05) is 13.8 Å². The maximum Gasteiger partial charge on any atom is 0.244 e. The van der Waals surface area contributed by atoms with Gasteiger partial charge >= 0.3 is 0 Å². The average Bonchev–Trinajstić information content (AvgIpc) is 2.76. The molecule has 0 saturated carbocycles. The van der Waals surface area contributed by atoms with E-state index in [0.717, 1.165) is 12.3 Å². The number of carbonyl (C=O) groups is 2. The lowest BCUT2D eigenvalue weighted by Gasteiger charge is -2.32. The van der Waals surface area contributed by atoms with Crippen molar-refractivity contribution >= 4 is 27.5 Å². The maximum atomic E-state index is 14.3. The van der Waals surface area contributed by atoms with Gasteiger partial charge in [-0.25, -0.2) is 17.2 Å². The fraction of sp³-hybridized carbons (Fsp3) is 0.391. The monoisotopic (exact) mass is 481 g/mol. The first-order chi connectivity index (χ1) is 15.4. The Morgan fingerprint density at radius 2 is 1.64 bits per heavy atom. The van der Waals surface area contributed by atoms with Crippen LogP contribution in [-0.4, -0.2) is 50.0 Å². The Labute approximate surface area is 193 Å². The van der Waals surface area contributed by atoms with E-state index in [9.17, 15) is 26.8 Å². The summed E-state index contributed by atoms with van der Waals surface area (Å²) in [5.74, 6) is -2.39. The van der Waals surface area contributed by atoms with Crippen LogP contribution in [0, 0.1) is 11.6 Å². The number of rotatable bonds is 10. The molecule has 2 aromatic carbocycles. The Bertz CT molecular complexity index is 1080. The number of hydrogen-bond acceptors (Lipinski definition) is 4. The highest BCUT2D eigenvalue weighted by Gasteiger charge is 2.31. The van der Waals surface area contributed by atoms with Crippen molar-refractivity contribution in [1.29, 1.82) is 0 Å². The van der Waals surface area contributed by atoms with Crippen LogP contribution in [0.25, 0.3) is 0 Å². The molecule has 0 spiro atoms. The normalized spacial score (nSPS) is 13.2. The van der Waals surface area contributed by atoms with Crippen LogP contribution in [0.3, 0.4) is 0 Å². The fourth-order valence-electron chi connectivity index (χ4n) is 3.08. The number of anilines is 1. The van der Waals surface area contributed by atoms with Crippen LogP contribution in [0.15, 0.2) is 48.5 Å². The van der Waals surface area contributed by atoms with Gasteiger partial charge in [-0.05, 0) is 50.1 Å². The summed E-state index contributed by atoms with van der Waals surface area (Å²) in [5, 5.41) is 2.80. The molecule has 0 radical (unpaired) electrons. The van der Waals surface area contributed by atoms with E-state index in [2.05, 4.69) is 5.32 Å². The first-order valence-corrected chi connectivity index (χ1v) is 12.3. The summed E-state index contributed by atoms with van der Waals surface area (Å²) in [6.45, 7) is 4.47. The highest BCUT2D eigenvalue weighted by atomic mass is 32.2. The van der Waals surface area contributed by atoms with Crippen LogP contribution in [0.2, 0.25) is 0 Å². The number of nitrogens with one attached hydrogen (secondary N) is 1. The number of nitrogens with zero attached hydrogens (tertiary/aromatic N) is 2. The number of halogens is 2. The van der Waals surface area contributed by atoms with Gasteiger partial charge in [0.15, 0.2) is 0 Å². The molecule has 2 atom stereocenters. The van der Waals surface area contributed by atoms with Crippen LogP contribution in [0.4, 0.5) is 14.5 Å². The minimum absolute atomic E-state index is 0.0664. The van der Waals surface area contributed by atoms with Crippen molar-refractivity contribution in [2.75, 3.05) is 17.1 Å². The number of carbonyl (C=O) groups excluding carboxylic acids is 2. The molecular formula is C23H29F2N3O4S. The molecule has 10 heteroatoms. The predicted octanol–water partition coefficient (Wildman–Crippen LogP) is 3.06. The first-order valence-electron chi connectivity index (χ1n) is 10.5. The standard InChI is InChI=1S/C23H29F2N3O4S/c1-5-16(2)26-23(30)17(3)27(14-18-10-12-19(24)13-11-18)22(29)15-28(33(4,31)32)21-9-7-6-8-20(21)25/h6-13,16-17H,5,14-15H2,1-4H3,(H,26,30)/t16-,17-/m1/s1. The second kappa shape index (κ2) is 11.2. The van der Waals surface area contributed by atoms with E-state index >= 15 is 0 Å². The van der Waals surface area contributed by atoms with Crippen LogP contribution in [0.1, 0.15) is 32.8 Å². The van der Waals surface area contributed by atoms with Gasteiger partial charge in [-0.1, -0.05) is 31.2 Å². The zero-order valence-corrected chi connectivity index (χ0v) is 19.9. The van der Waals surface area contributed by atoms with Gasteiger partial charge in [0, 0.05) is 12.6 Å². The molecule has 0 heterocycles. The van der Waals surface area contributed by atoms with Crippen molar-refractivity contribution in [2.45, 2.75) is 45.8 Å². The molecule has 2 rings (SSSR count). The third-order valence-corrected chi connectivity index (χ3v) is 6.36. The van der Waals surface area contributed by atoms with Crippen LogP contribution in [-0.2, 0) is 26.2 Å². The third-order valence-electron chi connectivity index (χ3n) is 5.23. The lowest BCUT2D eigenvalue weighted by molar-refractivity contribution is -0.139. The van der Waals surface area contributed by atoms with Gasteiger partial charge in [0.25, 0.3) is 0 Å². The highest BCUT2D eigenvalue weighted by molar-refractivity contribution is 7.92. The molecule has 0 bridgehead atoms. The lowest BCUT2D eigenvalue weighted by Crippen LogP contribution is -2.52. The number of sulfonamides is 1. The molecular weight excluding hydrogens is 452 g/mol. The second-order valence-electron chi connectivity index (χ2n) is 7.86. The van der Waals surface area contributed by atoms with Gasteiger partial charge in [0.05, 0.1) is 11.9 Å². The van der Waals surface area contributed by atoms with Gasteiger partial charge in [0.2, 0.25) is 21.8 Å².